The van der Waals surface area contributed by atoms with Crippen LogP contribution in [0.25, 0.3) is 0 Å². The van der Waals surface area contributed by atoms with Crippen molar-refractivity contribution in [2.75, 3.05) is 0 Å². The van der Waals surface area contributed by atoms with Crippen molar-refractivity contribution in [2.24, 2.45) is 5.73 Å². The van der Waals surface area contributed by atoms with Gasteiger partial charge in [0, 0.05) is 10.1 Å². The first-order valence-corrected chi connectivity index (χ1v) is 4.66. The van der Waals surface area contributed by atoms with Gasteiger partial charge in [0.05, 0.1) is 11.6 Å². The Morgan fingerprint density at radius 1 is 1.58 bits per heavy atom. The van der Waals surface area contributed by atoms with Crippen molar-refractivity contribution in [1.29, 1.82) is 5.26 Å². The van der Waals surface area contributed by atoms with Crippen molar-refractivity contribution in [1.82, 2.24) is 0 Å². The minimum Gasteiger partial charge on any atom is -0.326 e. The second kappa shape index (κ2) is 3.87. The van der Waals surface area contributed by atoms with Gasteiger partial charge in [0.1, 0.15) is 0 Å². The fraction of sp³-hybridized carbons (Fsp3) is 0.222. The molecule has 1 rings (SSSR count). The van der Waals surface area contributed by atoms with Crippen molar-refractivity contribution in [3.8, 4) is 6.07 Å². The first kappa shape index (κ1) is 9.49. The van der Waals surface area contributed by atoms with Gasteiger partial charge in [-0.15, -0.1) is 0 Å². The van der Waals surface area contributed by atoms with Gasteiger partial charge in [0.25, 0.3) is 0 Å². The van der Waals surface area contributed by atoms with Crippen LogP contribution in [-0.2, 0) is 6.54 Å². The standard InChI is InChI=1S/C9H9IN2/c1-6-7(4-11)2-9(10)3-8(6)5-12/h2-3H,4,11H2,1H3. The van der Waals surface area contributed by atoms with E-state index in [-0.39, 0.29) is 0 Å². The molecule has 0 saturated carbocycles. The number of hydrogen-bond acceptors (Lipinski definition) is 2. The summed E-state index contributed by atoms with van der Waals surface area (Å²) < 4.78 is 1.07. The zero-order chi connectivity index (χ0) is 9.14. The molecule has 0 spiro atoms. The van der Waals surface area contributed by atoms with E-state index in [1.807, 2.05) is 19.1 Å². The molecule has 2 N–H and O–H groups in total. The summed E-state index contributed by atoms with van der Waals surface area (Å²) in [4.78, 5) is 0. The third-order valence-corrected chi connectivity index (χ3v) is 2.44. The number of nitrogens with two attached hydrogens (primary N) is 1. The lowest BCUT2D eigenvalue weighted by Gasteiger charge is -2.05. The van der Waals surface area contributed by atoms with Crippen LogP contribution in [0.1, 0.15) is 16.7 Å². The Balaban J connectivity index is 3.34. The summed E-state index contributed by atoms with van der Waals surface area (Å²) in [6.45, 7) is 2.42. The molecule has 0 fully saturated rings. The zero-order valence-corrected chi connectivity index (χ0v) is 8.92. The number of hydrogen-bond donors (Lipinski definition) is 1. The number of nitrogens with zero attached hydrogens (tertiary/aromatic N) is 1. The number of benzene rings is 1. The first-order valence-electron chi connectivity index (χ1n) is 3.58. The van der Waals surface area contributed by atoms with E-state index in [0.717, 1.165) is 20.3 Å². The smallest absolute Gasteiger partial charge is 0.0994 e. The Hall–Kier alpha value is -0.600. The minimum absolute atomic E-state index is 0.497. The topological polar surface area (TPSA) is 49.8 Å². The van der Waals surface area contributed by atoms with Gasteiger partial charge >= 0.3 is 0 Å². The van der Waals surface area contributed by atoms with Gasteiger partial charge in [-0.3, -0.25) is 0 Å². The molecule has 0 aliphatic carbocycles. The van der Waals surface area contributed by atoms with Crippen LogP contribution in [0.15, 0.2) is 12.1 Å². The predicted octanol–water partition coefficient (Wildman–Crippen LogP) is 1.93. The fourth-order valence-electron chi connectivity index (χ4n) is 1.06. The molecule has 0 radical (unpaired) electrons. The summed E-state index contributed by atoms with van der Waals surface area (Å²) in [6.07, 6.45) is 0. The molecule has 0 heterocycles. The normalized spacial score (nSPS) is 9.50. The first-order chi connectivity index (χ1) is 5.69. The van der Waals surface area contributed by atoms with Crippen LogP contribution in [0.5, 0.6) is 0 Å². The number of nitriles is 1. The van der Waals surface area contributed by atoms with Gasteiger partial charge in [-0.25, -0.2) is 0 Å². The molecule has 1 aromatic rings. The molecule has 0 aliphatic heterocycles. The van der Waals surface area contributed by atoms with Crippen LogP contribution < -0.4 is 5.73 Å². The van der Waals surface area contributed by atoms with Gasteiger partial charge in [-0.1, -0.05) is 0 Å². The summed E-state index contributed by atoms with van der Waals surface area (Å²) in [5, 5.41) is 8.77. The van der Waals surface area contributed by atoms with E-state index in [0.29, 0.717) is 6.54 Å². The quantitative estimate of drug-likeness (QED) is 0.794. The van der Waals surface area contributed by atoms with E-state index in [9.17, 15) is 0 Å². The maximum Gasteiger partial charge on any atom is 0.0994 e. The molecule has 0 aromatic heterocycles. The molecule has 3 heteroatoms. The third kappa shape index (κ3) is 1.76. The van der Waals surface area contributed by atoms with Crippen LogP contribution in [-0.4, -0.2) is 0 Å². The molecule has 1 aromatic carbocycles. The van der Waals surface area contributed by atoms with Crippen molar-refractivity contribution < 1.29 is 0 Å². The lowest BCUT2D eigenvalue weighted by atomic mass is 10.0. The van der Waals surface area contributed by atoms with Crippen molar-refractivity contribution in [3.05, 3.63) is 32.4 Å². The molecule has 0 atom stereocenters. The largest absolute Gasteiger partial charge is 0.326 e. The zero-order valence-electron chi connectivity index (χ0n) is 6.76. The molecule has 0 saturated heterocycles. The molecule has 0 amide bonds. The Kier molecular flexibility index (Phi) is 3.06. The van der Waals surface area contributed by atoms with Gasteiger partial charge in [-0.05, 0) is 52.8 Å². The Morgan fingerprint density at radius 3 is 2.75 bits per heavy atom. The molecular weight excluding hydrogens is 263 g/mol. The molecule has 0 unspecified atom stereocenters. The Bertz CT molecular complexity index is 339. The van der Waals surface area contributed by atoms with Crippen molar-refractivity contribution in [2.45, 2.75) is 13.5 Å². The Labute approximate surface area is 85.5 Å². The van der Waals surface area contributed by atoms with Gasteiger partial charge in [0.15, 0.2) is 0 Å². The summed E-state index contributed by atoms with van der Waals surface area (Å²) in [5.41, 5.74) is 8.31. The SMILES string of the molecule is Cc1c(C#N)cc(I)cc1CN. The highest BCUT2D eigenvalue weighted by Gasteiger charge is 2.03. The van der Waals surface area contributed by atoms with Crippen LogP contribution >= 0.6 is 22.6 Å². The number of rotatable bonds is 1. The minimum atomic E-state index is 0.497. The molecule has 0 aliphatic rings. The van der Waals surface area contributed by atoms with Crippen molar-refractivity contribution in [3.63, 3.8) is 0 Å². The summed E-state index contributed by atoms with van der Waals surface area (Å²) in [7, 11) is 0. The highest BCUT2D eigenvalue weighted by atomic mass is 127. The third-order valence-electron chi connectivity index (χ3n) is 1.82. The highest BCUT2D eigenvalue weighted by Crippen LogP contribution is 2.17. The maximum atomic E-state index is 8.77. The summed E-state index contributed by atoms with van der Waals surface area (Å²) in [6, 6.07) is 6.03. The summed E-state index contributed by atoms with van der Waals surface area (Å²) in [5.74, 6) is 0. The van der Waals surface area contributed by atoms with Crippen LogP contribution in [0, 0.1) is 21.8 Å². The molecule has 62 valence electrons. The maximum absolute atomic E-state index is 8.77. The van der Waals surface area contributed by atoms with Crippen molar-refractivity contribution >= 4 is 22.6 Å². The average molecular weight is 272 g/mol. The number of halogens is 1. The van der Waals surface area contributed by atoms with Gasteiger partial charge < -0.3 is 5.73 Å². The average Bonchev–Trinajstić information content (AvgIpc) is 2.08. The lowest BCUT2D eigenvalue weighted by Crippen LogP contribution is -2.01. The molecule has 12 heavy (non-hydrogen) atoms. The second-order valence-corrected chi connectivity index (χ2v) is 3.80. The molecule has 2 nitrogen and oxygen atoms in total. The van der Waals surface area contributed by atoms with E-state index in [1.54, 1.807) is 0 Å². The van der Waals surface area contributed by atoms with E-state index in [1.165, 1.54) is 0 Å². The summed E-state index contributed by atoms with van der Waals surface area (Å²) >= 11 is 2.19. The Morgan fingerprint density at radius 2 is 2.25 bits per heavy atom. The molecule has 0 bridgehead atoms. The van der Waals surface area contributed by atoms with E-state index < -0.39 is 0 Å². The monoisotopic (exact) mass is 272 g/mol. The second-order valence-electron chi connectivity index (χ2n) is 2.55. The van der Waals surface area contributed by atoms with E-state index in [4.69, 9.17) is 11.0 Å². The van der Waals surface area contributed by atoms with Gasteiger partial charge in [0.2, 0.25) is 0 Å². The fourth-order valence-corrected chi connectivity index (χ4v) is 1.75. The lowest BCUT2D eigenvalue weighted by molar-refractivity contribution is 1.04. The van der Waals surface area contributed by atoms with E-state index in [2.05, 4.69) is 28.7 Å². The predicted molar refractivity (Wildman–Crippen MR) is 56.5 cm³/mol. The molecular formula is C9H9IN2. The van der Waals surface area contributed by atoms with Crippen LogP contribution in [0.3, 0.4) is 0 Å². The van der Waals surface area contributed by atoms with E-state index >= 15 is 0 Å². The van der Waals surface area contributed by atoms with Crippen LogP contribution in [0.4, 0.5) is 0 Å². The van der Waals surface area contributed by atoms with Crippen LogP contribution in [0.2, 0.25) is 0 Å². The van der Waals surface area contributed by atoms with Gasteiger partial charge in [-0.2, -0.15) is 5.26 Å². The highest BCUT2D eigenvalue weighted by molar-refractivity contribution is 14.1.